The van der Waals surface area contributed by atoms with Crippen LogP contribution in [0.2, 0.25) is 0 Å². The zero-order valence-electron chi connectivity index (χ0n) is 14.2. The highest BCUT2D eigenvalue weighted by molar-refractivity contribution is 5.98. The zero-order chi connectivity index (χ0) is 19.3. The van der Waals surface area contributed by atoms with Crippen molar-refractivity contribution in [3.05, 3.63) is 35.9 Å². The van der Waals surface area contributed by atoms with Gasteiger partial charge in [-0.25, -0.2) is 9.37 Å². The fourth-order valence-electron chi connectivity index (χ4n) is 2.15. The van der Waals surface area contributed by atoms with E-state index < -0.39 is 23.7 Å². The zero-order valence-corrected chi connectivity index (χ0v) is 14.2. The molecule has 2 heterocycles. The lowest BCUT2D eigenvalue weighted by atomic mass is 10.2. The summed E-state index contributed by atoms with van der Waals surface area (Å²) in [6, 6.07) is 1.72. The SMILES string of the molecule is CCC(Nc1nc(Nc2cncc(OC)c2)c(C(N)=O)cc1F)C(N)=O. The van der Waals surface area contributed by atoms with Crippen molar-refractivity contribution in [3.8, 4) is 5.75 Å². The number of nitrogens with two attached hydrogens (primary N) is 2. The van der Waals surface area contributed by atoms with Gasteiger partial charge in [-0.3, -0.25) is 14.6 Å². The summed E-state index contributed by atoms with van der Waals surface area (Å²) in [5.41, 5.74) is 10.8. The van der Waals surface area contributed by atoms with Crippen LogP contribution < -0.4 is 26.8 Å². The molecule has 2 rings (SSSR count). The minimum absolute atomic E-state index is 0.00391. The highest BCUT2D eigenvalue weighted by Gasteiger charge is 2.20. The van der Waals surface area contributed by atoms with E-state index in [1.165, 1.54) is 19.5 Å². The van der Waals surface area contributed by atoms with Crippen molar-refractivity contribution >= 4 is 29.1 Å². The van der Waals surface area contributed by atoms with Crippen molar-refractivity contribution in [2.24, 2.45) is 11.5 Å². The molecule has 0 radical (unpaired) electrons. The molecule has 0 saturated heterocycles. The Morgan fingerprint density at radius 3 is 2.58 bits per heavy atom. The topological polar surface area (TPSA) is 145 Å². The Morgan fingerprint density at radius 2 is 2.00 bits per heavy atom. The monoisotopic (exact) mass is 362 g/mol. The van der Waals surface area contributed by atoms with Gasteiger partial charge in [0.1, 0.15) is 17.6 Å². The van der Waals surface area contributed by atoms with Gasteiger partial charge in [-0.2, -0.15) is 0 Å². The number of primary amides is 2. The first-order valence-corrected chi connectivity index (χ1v) is 7.68. The molecule has 138 valence electrons. The van der Waals surface area contributed by atoms with E-state index in [0.717, 1.165) is 6.07 Å². The first-order valence-electron chi connectivity index (χ1n) is 7.68. The molecule has 10 heteroatoms. The smallest absolute Gasteiger partial charge is 0.252 e. The van der Waals surface area contributed by atoms with Gasteiger partial charge in [0, 0.05) is 6.07 Å². The summed E-state index contributed by atoms with van der Waals surface area (Å²) in [5, 5.41) is 5.46. The Bertz CT molecular complexity index is 830. The number of anilines is 3. The molecular weight excluding hydrogens is 343 g/mol. The van der Waals surface area contributed by atoms with Gasteiger partial charge in [-0.1, -0.05) is 6.92 Å². The lowest BCUT2D eigenvalue weighted by Gasteiger charge is -2.17. The molecule has 1 atom stereocenters. The van der Waals surface area contributed by atoms with Gasteiger partial charge in [0.2, 0.25) is 5.91 Å². The summed E-state index contributed by atoms with van der Waals surface area (Å²) in [6.07, 6.45) is 3.28. The van der Waals surface area contributed by atoms with Crippen molar-refractivity contribution in [2.45, 2.75) is 19.4 Å². The van der Waals surface area contributed by atoms with Crippen molar-refractivity contribution < 1.29 is 18.7 Å². The Morgan fingerprint density at radius 1 is 1.27 bits per heavy atom. The van der Waals surface area contributed by atoms with Crippen LogP contribution in [0.15, 0.2) is 24.5 Å². The summed E-state index contributed by atoms with van der Waals surface area (Å²) >= 11 is 0. The number of pyridine rings is 2. The van der Waals surface area contributed by atoms with Crippen LogP contribution in [-0.4, -0.2) is 34.9 Å². The quantitative estimate of drug-likeness (QED) is 0.551. The number of rotatable bonds is 8. The molecule has 2 amide bonds. The number of amides is 2. The maximum atomic E-state index is 14.3. The van der Waals surface area contributed by atoms with Crippen molar-refractivity contribution in [3.63, 3.8) is 0 Å². The van der Waals surface area contributed by atoms with E-state index in [2.05, 4.69) is 20.6 Å². The van der Waals surface area contributed by atoms with Gasteiger partial charge in [-0.05, 0) is 12.5 Å². The molecule has 2 aromatic heterocycles. The van der Waals surface area contributed by atoms with E-state index in [1.807, 2.05) is 0 Å². The summed E-state index contributed by atoms with van der Waals surface area (Å²) in [5.74, 6) is -2.14. The van der Waals surface area contributed by atoms with Crippen LogP contribution in [0.25, 0.3) is 0 Å². The summed E-state index contributed by atoms with van der Waals surface area (Å²) < 4.78 is 19.3. The summed E-state index contributed by atoms with van der Waals surface area (Å²) in [6.45, 7) is 1.71. The van der Waals surface area contributed by atoms with E-state index in [1.54, 1.807) is 13.0 Å². The second-order valence-corrected chi connectivity index (χ2v) is 5.33. The number of aromatic nitrogens is 2. The number of nitrogens with zero attached hydrogens (tertiary/aromatic N) is 2. The van der Waals surface area contributed by atoms with E-state index in [-0.39, 0.29) is 17.2 Å². The number of hydrogen-bond donors (Lipinski definition) is 4. The molecule has 2 aromatic rings. The number of ether oxygens (including phenoxy) is 1. The Labute approximate surface area is 148 Å². The van der Waals surface area contributed by atoms with Gasteiger partial charge in [0.05, 0.1) is 30.8 Å². The number of hydrogen-bond acceptors (Lipinski definition) is 7. The Balaban J connectivity index is 2.43. The summed E-state index contributed by atoms with van der Waals surface area (Å²) in [4.78, 5) is 31.0. The lowest BCUT2D eigenvalue weighted by Crippen LogP contribution is -2.35. The van der Waals surface area contributed by atoms with Crippen LogP contribution in [0.1, 0.15) is 23.7 Å². The first-order chi connectivity index (χ1) is 12.3. The van der Waals surface area contributed by atoms with Crippen molar-refractivity contribution in [1.82, 2.24) is 9.97 Å². The molecule has 1 unspecified atom stereocenters. The average molecular weight is 362 g/mol. The maximum absolute atomic E-state index is 14.3. The highest BCUT2D eigenvalue weighted by Crippen LogP contribution is 2.25. The van der Waals surface area contributed by atoms with Crippen LogP contribution in [0.5, 0.6) is 5.75 Å². The van der Waals surface area contributed by atoms with Crippen LogP contribution in [-0.2, 0) is 4.79 Å². The van der Waals surface area contributed by atoms with Crippen molar-refractivity contribution in [1.29, 1.82) is 0 Å². The van der Waals surface area contributed by atoms with Gasteiger partial charge >= 0.3 is 0 Å². The van der Waals surface area contributed by atoms with Gasteiger partial charge in [-0.15, -0.1) is 0 Å². The first kappa shape index (κ1) is 18.9. The van der Waals surface area contributed by atoms with Gasteiger partial charge in [0.15, 0.2) is 11.6 Å². The van der Waals surface area contributed by atoms with E-state index >= 15 is 0 Å². The number of methoxy groups -OCH3 is 1. The maximum Gasteiger partial charge on any atom is 0.252 e. The van der Waals surface area contributed by atoms with Gasteiger partial charge in [0.25, 0.3) is 5.91 Å². The second-order valence-electron chi connectivity index (χ2n) is 5.33. The third-order valence-corrected chi connectivity index (χ3v) is 3.52. The number of halogens is 1. The molecule has 0 aromatic carbocycles. The molecule has 0 bridgehead atoms. The highest BCUT2D eigenvalue weighted by atomic mass is 19.1. The number of nitrogens with one attached hydrogen (secondary N) is 2. The minimum Gasteiger partial charge on any atom is -0.495 e. The normalized spacial score (nSPS) is 11.5. The van der Waals surface area contributed by atoms with Crippen LogP contribution in [0.4, 0.5) is 21.7 Å². The van der Waals surface area contributed by atoms with E-state index in [0.29, 0.717) is 17.9 Å². The van der Waals surface area contributed by atoms with Gasteiger partial charge < -0.3 is 26.8 Å². The third-order valence-electron chi connectivity index (χ3n) is 3.52. The summed E-state index contributed by atoms with van der Waals surface area (Å²) in [7, 11) is 1.47. The standard InChI is InChI=1S/C16H19FN6O3/c1-3-12(14(19)25)22-16-11(17)5-10(13(18)24)15(23-16)21-8-4-9(26-2)7-20-6-8/h4-7,12H,3H2,1-2H3,(H2,18,24)(H2,19,25)(H2,21,22,23). The molecule has 9 nitrogen and oxygen atoms in total. The van der Waals surface area contributed by atoms with Crippen LogP contribution in [0, 0.1) is 5.82 Å². The van der Waals surface area contributed by atoms with Crippen LogP contribution in [0.3, 0.4) is 0 Å². The lowest BCUT2D eigenvalue weighted by molar-refractivity contribution is -0.118. The van der Waals surface area contributed by atoms with Crippen LogP contribution >= 0.6 is 0 Å². The minimum atomic E-state index is -0.872. The second kappa shape index (κ2) is 8.10. The molecule has 0 spiro atoms. The average Bonchev–Trinajstić information content (AvgIpc) is 2.61. The molecule has 0 aliphatic heterocycles. The predicted molar refractivity (Wildman–Crippen MR) is 93.7 cm³/mol. The molecule has 0 aliphatic rings. The largest absolute Gasteiger partial charge is 0.495 e. The molecule has 0 saturated carbocycles. The molecule has 6 N–H and O–H groups in total. The molecule has 0 aliphatic carbocycles. The number of carbonyl (C=O) groups is 2. The Hall–Kier alpha value is -3.43. The molecular formula is C16H19FN6O3. The fraction of sp³-hybridized carbons (Fsp3) is 0.250. The van der Waals surface area contributed by atoms with Crippen molar-refractivity contribution in [2.75, 3.05) is 17.7 Å². The van der Waals surface area contributed by atoms with E-state index in [9.17, 15) is 14.0 Å². The predicted octanol–water partition coefficient (Wildman–Crippen LogP) is 1.14. The number of carbonyl (C=O) groups excluding carboxylic acids is 2. The van der Waals surface area contributed by atoms with E-state index in [4.69, 9.17) is 16.2 Å². The molecule has 26 heavy (non-hydrogen) atoms. The molecule has 0 fully saturated rings. The fourth-order valence-corrected chi connectivity index (χ4v) is 2.15. The third kappa shape index (κ3) is 4.35. The Kier molecular flexibility index (Phi) is 5.89.